The SMILES string of the molecule is CCCCCCCCCC(=O)OC(CSCC(CC(=O)O)C(C)=O)CSCC(CC(=O)Nc1ccc(-c2noc(-c3cccc(-c4nc(-c5ccc(NC)cc5)no4)c3)n2)cc1)C(=O)O. The molecule has 1 amide bonds. The van der Waals surface area contributed by atoms with E-state index in [0.29, 0.717) is 52.1 Å². The van der Waals surface area contributed by atoms with E-state index in [1.54, 1.807) is 24.3 Å². The van der Waals surface area contributed by atoms with Gasteiger partial charge in [-0.05, 0) is 80.1 Å². The van der Waals surface area contributed by atoms with Crippen LogP contribution in [0, 0.1) is 11.8 Å². The van der Waals surface area contributed by atoms with Crippen LogP contribution in [0.3, 0.4) is 0 Å². The van der Waals surface area contributed by atoms with E-state index >= 15 is 0 Å². The second kappa shape index (κ2) is 26.1. The summed E-state index contributed by atoms with van der Waals surface area (Å²) < 4.78 is 16.9. The lowest BCUT2D eigenvalue weighted by atomic mass is 10.0. The van der Waals surface area contributed by atoms with Gasteiger partial charge in [-0.1, -0.05) is 61.8 Å². The molecule has 3 atom stereocenters. The quantitative estimate of drug-likeness (QED) is 0.0258. The number of carboxylic acids is 2. The van der Waals surface area contributed by atoms with Gasteiger partial charge in [0, 0.05) is 82.4 Å². The van der Waals surface area contributed by atoms with Crippen molar-refractivity contribution in [3.63, 3.8) is 0 Å². The maximum absolute atomic E-state index is 13.1. The van der Waals surface area contributed by atoms with Crippen LogP contribution in [0.25, 0.3) is 45.7 Å². The number of nitrogens with zero attached hydrogens (tertiary/aromatic N) is 4. The molecule has 16 nitrogen and oxygen atoms in total. The summed E-state index contributed by atoms with van der Waals surface area (Å²) in [6, 6.07) is 21.7. The van der Waals surface area contributed by atoms with Crippen LogP contribution in [0.15, 0.2) is 81.8 Å². The van der Waals surface area contributed by atoms with E-state index in [1.165, 1.54) is 43.3 Å². The maximum Gasteiger partial charge on any atom is 0.307 e. The molecule has 0 aliphatic carbocycles. The lowest BCUT2D eigenvalue weighted by molar-refractivity contribution is -0.147. The van der Waals surface area contributed by atoms with Crippen LogP contribution in [0.2, 0.25) is 0 Å². The summed E-state index contributed by atoms with van der Waals surface area (Å²) in [6.07, 6.45) is 6.42. The molecule has 0 aliphatic rings. The summed E-state index contributed by atoms with van der Waals surface area (Å²) in [5.74, 6) is -2.72. The van der Waals surface area contributed by atoms with Crippen LogP contribution in [-0.4, -0.2) is 96.3 Å². The van der Waals surface area contributed by atoms with Gasteiger partial charge >= 0.3 is 17.9 Å². The Morgan fingerprint density at radius 1 is 0.677 bits per heavy atom. The second-order valence-corrected chi connectivity index (χ2v) is 17.7. The Kier molecular flexibility index (Phi) is 20.1. The minimum atomic E-state index is -1.14. The molecule has 2 heterocycles. The number of aliphatic carboxylic acids is 2. The number of rotatable bonds is 29. The monoisotopic (exact) mass is 928 g/mol. The molecule has 5 rings (SSSR count). The molecule has 2 aromatic heterocycles. The largest absolute Gasteiger partial charge is 0.481 e. The first-order valence-electron chi connectivity index (χ1n) is 21.7. The highest BCUT2D eigenvalue weighted by molar-refractivity contribution is 8.00. The molecule has 0 bridgehead atoms. The summed E-state index contributed by atoms with van der Waals surface area (Å²) in [5.41, 5.74) is 4.14. The van der Waals surface area contributed by atoms with Crippen LogP contribution < -0.4 is 10.6 Å². The predicted octanol–water partition coefficient (Wildman–Crippen LogP) is 9.39. The molecule has 0 saturated heterocycles. The van der Waals surface area contributed by atoms with E-state index in [9.17, 15) is 34.2 Å². The Hall–Kier alpha value is -6.01. The van der Waals surface area contributed by atoms with Gasteiger partial charge in [0.25, 0.3) is 11.8 Å². The number of hydrogen-bond donors (Lipinski definition) is 4. The van der Waals surface area contributed by atoms with Crippen molar-refractivity contribution in [2.24, 2.45) is 11.8 Å². The van der Waals surface area contributed by atoms with Crippen molar-refractivity contribution in [2.45, 2.75) is 84.2 Å². The summed E-state index contributed by atoms with van der Waals surface area (Å²) >= 11 is 2.58. The molecule has 0 spiro atoms. The first kappa shape index (κ1) is 50.0. The van der Waals surface area contributed by atoms with Crippen molar-refractivity contribution >= 4 is 64.5 Å². The minimum absolute atomic E-state index is 0.0812. The topological polar surface area (TPSA) is 237 Å². The third-order valence-electron chi connectivity index (χ3n) is 10.4. The fraction of sp³-hybridized carbons (Fsp3) is 0.426. The molecule has 4 N–H and O–H groups in total. The van der Waals surface area contributed by atoms with Gasteiger partial charge < -0.3 is 34.6 Å². The number of carbonyl (C=O) groups is 5. The summed E-state index contributed by atoms with van der Waals surface area (Å²) in [7, 11) is 1.84. The zero-order valence-corrected chi connectivity index (χ0v) is 38.5. The number of amides is 1. The average Bonchev–Trinajstić information content (AvgIpc) is 4.00. The Morgan fingerprint density at radius 2 is 1.22 bits per heavy atom. The van der Waals surface area contributed by atoms with Crippen molar-refractivity contribution in [1.29, 1.82) is 0 Å². The number of Topliss-reactive ketones (excluding diaryl/α,β-unsaturated/α-hetero) is 1. The molecule has 0 saturated carbocycles. The van der Waals surface area contributed by atoms with Crippen molar-refractivity contribution < 1.29 is 48.0 Å². The van der Waals surface area contributed by atoms with Gasteiger partial charge in [-0.3, -0.25) is 24.0 Å². The Bertz CT molecular complexity index is 2320. The van der Waals surface area contributed by atoms with Crippen LogP contribution >= 0.6 is 23.5 Å². The van der Waals surface area contributed by atoms with Crippen molar-refractivity contribution in [1.82, 2.24) is 20.3 Å². The van der Waals surface area contributed by atoms with E-state index in [1.807, 2.05) is 55.6 Å². The van der Waals surface area contributed by atoms with E-state index in [0.717, 1.165) is 36.9 Å². The lowest BCUT2D eigenvalue weighted by Crippen LogP contribution is -2.27. The third kappa shape index (κ3) is 16.5. The van der Waals surface area contributed by atoms with Crippen molar-refractivity contribution in [3.8, 4) is 45.7 Å². The van der Waals surface area contributed by atoms with Crippen LogP contribution in [0.1, 0.15) is 78.1 Å². The van der Waals surface area contributed by atoms with E-state index < -0.39 is 35.8 Å². The smallest absolute Gasteiger partial charge is 0.307 e. The number of hydrogen-bond acceptors (Lipinski definition) is 15. The van der Waals surface area contributed by atoms with Gasteiger partial charge in [-0.15, -0.1) is 0 Å². The Morgan fingerprint density at radius 3 is 1.74 bits per heavy atom. The average molecular weight is 929 g/mol. The highest BCUT2D eigenvalue weighted by Crippen LogP contribution is 2.29. The number of ether oxygens (including phenoxy) is 1. The maximum atomic E-state index is 13.1. The van der Waals surface area contributed by atoms with Crippen LogP contribution in [0.4, 0.5) is 11.4 Å². The number of benzene rings is 3. The van der Waals surface area contributed by atoms with E-state index in [2.05, 4.69) is 37.8 Å². The number of carboxylic acid groups (broad SMARTS) is 2. The zero-order chi connectivity index (χ0) is 46.6. The zero-order valence-electron chi connectivity index (χ0n) is 36.8. The van der Waals surface area contributed by atoms with Gasteiger partial charge in [0.2, 0.25) is 17.6 Å². The number of unbranched alkanes of at least 4 members (excludes halogenated alkanes) is 6. The fourth-order valence-electron chi connectivity index (χ4n) is 6.64. The van der Waals surface area contributed by atoms with Gasteiger partial charge in [0.05, 0.1) is 12.3 Å². The lowest BCUT2D eigenvalue weighted by Gasteiger charge is -2.20. The highest BCUT2D eigenvalue weighted by atomic mass is 32.2. The van der Waals surface area contributed by atoms with Crippen molar-refractivity contribution in [3.05, 3.63) is 72.8 Å². The first-order chi connectivity index (χ1) is 31.4. The Balaban J connectivity index is 1.12. The van der Waals surface area contributed by atoms with Gasteiger partial charge in [-0.2, -0.15) is 33.5 Å². The molecule has 65 heavy (non-hydrogen) atoms. The number of nitrogens with one attached hydrogen (secondary N) is 2. The van der Waals surface area contributed by atoms with Gasteiger partial charge in [0.1, 0.15) is 11.9 Å². The first-order valence-corrected chi connectivity index (χ1v) is 24.0. The summed E-state index contributed by atoms with van der Waals surface area (Å²) in [6.45, 7) is 3.52. The van der Waals surface area contributed by atoms with Crippen LogP contribution in [-0.2, 0) is 28.7 Å². The number of anilines is 2. The molecular weight excluding hydrogens is 873 g/mol. The predicted molar refractivity (Wildman–Crippen MR) is 251 cm³/mol. The summed E-state index contributed by atoms with van der Waals surface area (Å²) in [4.78, 5) is 70.5. The second-order valence-electron chi connectivity index (χ2n) is 15.6. The van der Waals surface area contributed by atoms with Crippen LogP contribution in [0.5, 0.6) is 0 Å². The number of esters is 1. The Labute approximate surface area is 386 Å². The molecular formula is C47H56N6O10S2. The minimum Gasteiger partial charge on any atom is -0.481 e. The van der Waals surface area contributed by atoms with E-state index in [4.69, 9.17) is 13.8 Å². The molecule has 5 aromatic rings. The molecule has 18 heteroatoms. The number of thioether (sulfide) groups is 2. The summed E-state index contributed by atoms with van der Waals surface area (Å²) in [5, 5.41) is 33.3. The molecule has 3 unspecified atom stereocenters. The normalized spacial score (nSPS) is 12.5. The molecule has 346 valence electrons. The fourth-order valence-corrected chi connectivity index (χ4v) is 9.15. The van der Waals surface area contributed by atoms with E-state index in [-0.39, 0.29) is 54.2 Å². The third-order valence-corrected chi connectivity index (χ3v) is 12.9. The van der Waals surface area contributed by atoms with Crippen molar-refractivity contribution in [2.75, 3.05) is 40.7 Å². The molecule has 0 radical (unpaired) electrons. The standard InChI is InChI=1S/C47H56N6O10S2/c1-4-5-6-7-8-9-10-14-42(58)61-39(28-64-26-35(30(2)54)25-41(56)57)29-65-27-36(47(59)60)24-40(55)49-38-21-17-32(18-22-38)44-51-46(63-53-44)34-13-11-12-33(23-34)45-50-43(52-62-45)31-15-19-37(48-3)20-16-31/h11-13,15-23,35-36,39,48H,4-10,14,24-29H2,1-3H3,(H,49,55)(H,56,57)(H,59,60). The number of aromatic nitrogens is 4. The molecule has 0 fully saturated rings. The number of ketones is 1. The molecule has 3 aromatic carbocycles. The van der Waals surface area contributed by atoms with Gasteiger partial charge in [0.15, 0.2) is 0 Å². The number of carbonyl (C=O) groups excluding carboxylic acids is 3. The molecule has 0 aliphatic heterocycles. The van der Waals surface area contributed by atoms with Gasteiger partial charge in [-0.25, -0.2) is 0 Å². The highest BCUT2D eigenvalue weighted by Gasteiger charge is 2.25.